The van der Waals surface area contributed by atoms with Gasteiger partial charge in [0.05, 0.1) is 12.0 Å². The van der Waals surface area contributed by atoms with Crippen molar-refractivity contribution >= 4 is 10.9 Å². The fraction of sp³-hybridized carbons (Fsp3) is 0.308. The molecule has 2 aromatic rings. The summed E-state index contributed by atoms with van der Waals surface area (Å²) in [6.07, 6.45) is 2.97. The molecule has 80 valence electrons. The number of nitriles is 1. The van der Waals surface area contributed by atoms with Gasteiger partial charge in [0, 0.05) is 29.7 Å². The van der Waals surface area contributed by atoms with Crippen LogP contribution in [-0.2, 0) is 0 Å². The van der Waals surface area contributed by atoms with Crippen LogP contribution in [0.5, 0.6) is 0 Å². The zero-order valence-electron chi connectivity index (χ0n) is 8.90. The number of fused-ring (bicyclic) bond motifs is 1. The summed E-state index contributed by atoms with van der Waals surface area (Å²) < 4.78 is 0. The highest BCUT2D eigenvalue weighted by Gasteiger charge is 2.26. The van der Waals surface area contributed by atoms with E-state index < -0.39 is 0 Å². The van der Waals surface area contributed by atoms with Crippen LogP contribution in [0.2, 0.25) is 0 Å². The number of hydrogen-bond acceptors (Lipinski definition) is 2. The lowest BCUT2D eigenvalue weighted by Gasteiger charge is -2.08. The quantitative estimate of drug-likeness (QED) is 0.760. The van der Waals surface area contributed by atoms with Gasteiger partial charge in [0.25, 0.3) is 0 Å². The Bertz CT molecular complexity index is 550. The van der Waals surface area contributed by atoms with Crippen molar-refractivity contribution in [2.24, 2.45) is 5.92 Å². The topological polar surface area (TPSA) is 51.6 Å². The Hall–Kier alpha value is -1.79. The number of para-hydroxylation sites is 1. The number of H-pyrrole nitrogens is 1. The van der Waals surface area contributed by atoms with Gasteiger partial charge < -0.3 is 10.3 Å². The predicted octanol–water partition coefficient (Wildman–Crippen LogP) is 2.34. The third-order valence-corrected chi connectivity index (χ3v) is 3.31. The Kier molecular flexibility index (Phi) is 2.16. The molecule has 1 aromatic heterocycles. The van der Waals surface area contributed by atoms with E-state index in [1.807, 2.05) is 6.07 Å². The van der Waals surface area contributed by atoms with E-state index in [2.05, 4.69) is 40.8 Å². The molecule has 1 aliphatic rings. The first-order valence-corrected chi connectivity index (χ1v) is 5.57. The van der Waals surface area contributed by atoms with Crippen LogP contribution >= 0.6 is 0 Å². The van der Waals surface area contributed by atoms with Crippen LogP contribution in [0.1, 0.15) is 18.0 Å². The number of rotatable bonds is 1. The lowest BCUT2D eigenvalue weighted by molar-refractivity contribution is 0.644. The minimum Gasteiger partial charge on any atom is -0.361 e. The number of benzene rings is 1. The maximum atomic E-state index is 8.90. The van der Waals surface area contributed by atoms with Gasteiger partial charge in [-0.3, -0.25) is 0 Å². The van der Waals surface area contributed by atoms with Crippen molar-refractivity contribution in [2.45, 2.75) is 12.5 Å². The van der Waals surface area contributed by atoms with Gasteiger partial charge in [-0.2, -0.15) is 5.26 Å². The van der Waals surface area contributed by atoms with Crippen LogP contribution in [0, 0.1) is 17.2 Å². The molecule has 0 bridgehead atoms. The molecular formula is C13H13N3. The summed E-state index contributed by atoms with van der Waals surface area (Å²) in [4.78, 5) is 3.27. The second-order valence-corrected chi connectivity index (χ2v) is 4.31. The van der Waals surface area contributed by atoms with Gasteiger partial charge in [0.2, 0.25) is 0 Å². The minimum atomic E-state index is 0.152. The third kappa shape index (κ3) is 1.39. The van der Waals surface area contributed by atoms with Crippen molar-refractivity contribution in [2.75, 3.05) is 6.54 Å². The van der Waals surface area contributed by atoms with E-state index in [1.165, 1.54) is 16.5 Å². The normalized spacial score (nSPS) is 24.7. The third-order valence-electron chi connectivity index (χ3n) is 3.31. The Morgan fingerprint density at radius 3 is 3.00 bits per heavy atom. The largest absolute Gasteiger partial charge is 0.361 e. The summed E-state index contributed by atoms with van der Waals surface area (Å²) >= 11 is 0. The number of hydrogen-bond donors (Lipinski definition) is 2. The molecule has 16 heavy (non-hydrogen) atoms. The molecule has 2 heterocycles. The summed E-state index contributed by atoms with van der Waals surface area (Å²) in [6, 6.07) is 10.9. The first-order chi connectivity index (χ1) is 7.88. The number of nitrogens with one attached hydrogen (secondary N) is 2. The van der Waals surface area contributed by atoms with Crippen molar-refractivity contribution < 1.29 is 0 Å². The Balaban J connectivity index is 1.98. The monoisotopic (exact) mass is 211 g/mol. The molecule has 2 unspecified atom stereocenters. The van der Waals surface area contributed by atoms with Crippen molar-refractivity contribution in [3.05, 3.63) is 36.0 Å². The van der Waals surface area contributed by atoms with Gasteiger partial charge in [0.15, 0.2) is 0 Å². The maximum Gasteiger partial charge on any atom is 0.0669 e. The van der Waals surface area contributed by atoms with E-state index in [0.29, 0.717) is 6.04 Å². The molecule has 0 radical (unpaired) electrons. The Morgan fingerprint density at radius 1 is 1.31 bits per heavy atom. The van der Waals surface area contributed by atoms with E-state index in [4.69, 9.17) is 5.26 Å². The summed E-state index contributed by atoms with van der Waals surface area (Å²) in [5, 5.41) is 13.6. The highest BCUT2D eigenvalue weighted by atomic mass is 15.0. The lowest BCUT2D eigenvalue weighted by atomic mass is 10.0. The molecule has 1 aromatic carbocycles. The molecule has 2 atom stereocenters. The molecule has 0 aliphatic carbocycles. The van der Waals surface area contributed by atoms with E-state index in [1.54, 1.807) is 0 Å². The summed E-state index contributed by atoms with van der Waals surface area (Å²) in [5.74, 6) is 0.152. The summed E-state index contributed by atoms with van der Waals surface area (Å²) in [6.45, 7) is 0.806. The standard InChI is InChI=1S/C13H13N3/c14-6-9-5-13(15-7-9)11-8-16-12-4-2-1-3-10(11)12/h1-4,8-9,13,15-16H,5,7H2. The van der Waals surface area contributed by atoms with Crippen LogP contribution in [0.4, 0.5) is 0 Å². The van der Waals surface area contributed by atoms with Crippen molar-refractivity contribution in [3.63, 3.8) is 0 Å². The second-order valence-electron chi connectivity index (χ2n) is 4.31. The molecule has 0 amide bonds. The molecule has 0 spiro atoms. The fourth-order valence-electron chi connectivity index (χ4n) is 2.45. The number of nitrogens with zero attached hydrogens (tertiary/aromatic N) is 1. The molecule has 1 saturated heterocycles. The van der Waals surface area contributed by atoms with Crippen molar-refractivity contribution in [3.8, 4) is 6.07 Å². The summed E-state index contributed by atoms with van der Waals surface area (Å²) in [7, 11) is 0. The van der Waals surface area contributed by atoms with E-state index in [-0.39, 0.29) is 5.92 Å². The first-order valence-electron chi connectivity index (χ1n) is 5.57. The number of aromatic amines is 1. The number of aromatic nitrogens is 1. The van der Waals surface area contributed by atoms with Crippen LogP contribution in [0.15, 0.2) is 30.5 Å². The fourth-order valence-corrected chi connectivity index (χ4v) is 2.45. The van der Waals surface area contributed by atoms with Crippen LogP contribution in [0.25, 0.3) is 10.9 Å². The van der Waals surface area contributed by atoms with Crippen molar-refractivity contribution in [1.29, 1.82) is 5.26 Å². The smallest absolute Gasteiger partial charge is 0.0669 e. The van der Waals surface area contributed by atoms with Gasteiger partial charge in [-0.05, 0) is 18.1 Å². The molecule has 3 heteroatoms. The van der Waals surface area contributed by atoms with E-state index >= 15 is 0 Å². The van der Waals surface area contributed by atoms with Gasteiger partial charge >= 0.3 is 0 Å². The van der Waals surface area contributed by atoms with Crippen LogP contribution in [0.3, 0.4) is 0 Å². The van der Waals surface area contributed by atoms with Gasteiger partial charge in [-0.1, -0.05) is 18.2 Å². The molecule has 1 fully saturated rings. The second kappa shape index (κ2) is 3.66. The first kappa shape index (κ1) is 9.44. The van der Waals surface area contributed by atoms with Crippen LogP contribution in [-0.4, -0.2) is 11.5 Å². The van der Waals surface area contributed by atoms with Gasteiger partial charge in [-0.15, -0.1) is 0 Å². The summed E-state index contributed by atoms with van der Waals surface area (Å²) in [5.41, 5.74) is 2.45. The Labute approximate surface area is 94.1 Å². The van der Waals surface area contributed by atoms with Gasteiger partial charge in [-0.25, -0.2) is 0 Å². The average Bonchev–Trinajstić information content (AvgIpc) is 2.94. The minimum absolute atomic E-state index is 0.152. The van der Waals surface area contributed by atoms with Gasteiger partial charge in [0.1, 0.15) is 0 Å². The SMILES string of the molecule is N#CC1CNC(c2c[nH]c3ccccc23)C1. The van der Waals surface area contributed by atoms with Crippen LogP contribution < -0.4 is 5.32 Å². The molecule has 2 N–H and O–H groups in total. The zero-order valence-corrected chi connectivity index (χ0v) is 8.90. The molecule has 1 aliphatic heterocycles. The average molecular weight is 211 g/mol. The lowest BCUT2D eigenvalue weighted by Crippen LogP contribution is -2.13. The molecular weight excluding hydrogens is 198 g/mol. The maximum absolute atomic E-state index is 8.90. The highest BCUT2D eigenvalue weighted by Crippen LogP contribution is 2.31. The highest BCUT2D eigenvalue weighted by molar-refractivity contribution is 5.83. The Morgan fingerprint density at radius 2 is 2.19 bits per heavy atom. The van der Waals surface area contributed by atoms with E-state index in [9.17, 15) is 0 Å². The zero-order chi connectivity index (χ0) is 11.0. The molecule has 0 saturated carbocycles. The molecule has 3 nitrogen and oxygen atoms in total. The van der Waals surface area contributed by atoms with E-state index in [0.717, 1.165) is 13.0 Å². The molecule has 3 rings (SSSR count). The van der Waals surface area contributed by atoms with Crippen molar-refractivity contribution in [1.82, 2.24) is 10.3 Å². The predicted molar refractivity (Wildman–Crippen MR) is 62.8 cm³/mol.